The molecule has 0 spiro atoms. The molecular formula is C26H24N2O5S. The highest BCUT2D eigenvalue weighted by Gasteiger charge is 2.48. The maximum atomic E-state index is 12.7. The molecular weight excluding hydrogens is 452 g/mol. The normalized spacial score (nSPS) is 21.7. The van der Waals surface area contributed by atoms with Gasteiger partial charge in [0.15, 0.2) is 11.8 Å². The van der Waals surface area contributed by atoms with Crippen LogP contribution in [0.5, 0.6) is 0 Å². The summed E-state index contributed by atoms with van der Waals surface area (Å²) in [5.41, 5.74) is -0.382. The summed E-state index contributed by atoms with van der Waals surface area (Å²) in [6.07, 6.45) is 6.91. The Morgan fingerprint density at radius 1 is 1.21 bits per heavy atom. The largest absolute Gasteiger partial charge is 0.458 e. The minimum atomic E-state index is -1.24. The van der Waals surface area contributed by atoms with E-state index in [1.165, 1.54) is 22.5 Å². The quantitative estimate of drug-likeness (QED) is 0.433. The van der Waals surface area contributed by atoms with E-state index in [-0.39, 0.29) is 11.9 Å². The van der Waals surface area contributed by atoms with E-state index in [1.807, 2.05) is 31.2 Å². The molecule has 34 heavy (non-hydrogen) atoms. The van der Waals surface area contributed by atoms with E-state index in [2.05, 4.69) is 10.9 Å². The minimum absolute atomic E-state index is 0.171. The number of nitrogens with zero attached hydrogens (tertiary/aromatic N) is 1. The van der Waals surface area contributed by atoms with Gasteiger partial charge in [-0.05, 0) is 38.1 Å². The molecule has 0 aliphatic carbocycles. The van der Waals surface area contributed by atoms with Crippen molar-refractivity contribution < 1.29 is 14.3 Å². The first-order valence-corrected chi connectivity index (χ1v) is 11.6. The van der Waals surface area contributed by atoms with Gasteiger partial charge in [-0.15, -0.1) is 18.2 Å². The number of thioether (sulfide) groups is 1. The molecule has 3 aromatic rings. The Hall–Kier alpha value is -3.54. The molecule has 1 aliphatic heterocycles. The predicted octanol–water partition coefficient (Wildman–Crippen LogP) is 3.46. The van der Waals surface area contributed by atoms with Gasteiger partial charge in [-0.3, -0.25) is 14.3 Å². The number of hydrogen-bond donors (Lipinski definition) is 1. The third-order valence-electron chi connectivity index (χ3n) is 5.63. The molecule has 8 heteroatoms. The Bertz CT molecular complexity index is 1340. The highest BCUT2D eigenvalue weighted by Crippen LogP contribution is 2.45. The highest BCUT2D eigenvalue weighted by molar-refractivity contribution is 8.00. The van der Waals surface area contributed by atoms with E-state index in [9.17, 15) is 14.4 Å². The maximum absolute atomic E-state index is 12.7. The van der Waals surface area contributed by atoms with E-state index in [1.54, 1.807) is 37.3 Å². The average molecular weight is 477 g/mol. The lowest BCUT2D eigenvalue weighted by atomic mass is 10.0. The van der Waals surface area contributed by atoms with Crippen LogP contribution in [0.15, 0.2) is 75.3 Å². The van der Waals surface area contributed by atoms with Gasteiger partial charge in [0, 0.05) is 23.1 Å². The van der Waals surface area contributed by atoms with Gasteiger partial charge in [-0.25, -0.2) is 9.59 Å². The van der Waals surface area contributed by atoms with Crippen LogP contribution in [0.1, 0.15) is 34.1 Å². The van der Waals surface area contributed by atoms with Gasteiger partial charge in [-0.2, -0.15) is 0 Å². The number of terminal acetylenes is 1. The molecule has 1 N–H and O–H groups in total. The summed E-state index contributed by atoms with van der Waals surface area (Å²) in [6.45, 7) is 3.45. The summed E-state index contributed by atoms with van der Waals surface area (Å²) in [6, 6.07) is 16.6. The number of carbonyl (C=O) groups excluding carboxylic acids is 1. The molecule has 0 unspecified atom stereocenters. The van der Waals surface area contributed by atoms with Crippen molar-refractivity contribution in [3.63, 3.8) is 0 Å². The van der Waals surface area contributed by atoms with Crippen molar-refractivity contribution in [2.75, 3.05) is 6.61 Å². The smallest absolute Gasteiger partial charge is 0.338 e. The summed E-state index contributed by atoms with van der Waals surface area (Å²) in [4.78, 5) is 40.4. The number of aryl methyl sites for hydroxylation is 2. The molecule has 174 valence electrons. The summed E-state index contributed by atoms with van der Waals surface area (Å²) in [7, 11) is 0. The second-order valence-corrected chi connectivity index (χ2v) is 9.55. The fourth-order valence-corrected chi connectivity index (χ4v) is 5.05. The van der Waals surface area contributed by atoms with E-state index in [0.717, 1.165) is 10.5 Å². The standard InChI is InChI=1S/C26H24N2O5S/c1-4-26(16-32-24(30)19-8-6-5-7-9-19)14-21(34-20-12-10-17(2)11-13-20)23(33-26)28-15-18(3)22(29)27-25(28)31/h1,5-13,15,21,23H,14,16H2,2-3H3,(H,27,29,31)/t21-,23+,26-/m0/s1. The Balaban J connectivity index is 1.64. The number of rotatable bonds is 6. The fourth-order valence-electron chi connectivity index (χ4n) is 3.75. The summed E-state index contributed by atoms with van der Waals surface area (Å²) in [5.74, 6) is 2.14. The molecule has 1 aromatic heterocycles. The van der Waals surface area contributed by atoms with Crippen molar-refractivity contribution in [3.8, 4) is 12.3 Å². The third-order valence-corrected chi connectivity index (χ3v) is 6.88. The molecule has 3 atom stereocenters. The molecule has 2 aromatic carbocycles. The van der Waals surface area contributed by atoms with E-state index in [0.29, 0.717) is 17.5 Å². The molecule has 0 radical (unpaired) electrons. The summed E-state index contributed by atoms with van der Waals surface area (Å²) < 4.78 is 13.1. The van der Waals surface area contributed by atoms with Gasteiger partial charge in [0.1, 0.15) is 6.61 Å². The number of nitrogens with one attached hydrogen (secondary N) is 1. The average Bonchev–Trinajstić information content (AvgIpc) is 3.20. The number of ether oxygens (including phenoxy) is 2. The lowest BCUT2D eigenvalue weighted by Gasteiger charge is -2.24. The number of aromatic nitrogens is 2. The molecule has 7 nitrogen and oxygen atoms in total. The zero-order chi connectivity index (χ0) is 24.3. The zero-order valence-electron chi connectivity index (χ0n) is 18.8. The first-order valence-electron chi connectivity index (χ1n) is 10.7. The molecule has 0 amide bonds. The Labute approximate surface area is 201 Å². The van der Waals surface area contributed by atoms with Crippen molar-refractivity contribution in [1.29, 1.82) is 0 Å². The van der Waals surface area contributed by atoms with Gasteiger partial charge in [0.05, 0.1) is 10.8 Å². The molecule has 0 bridgehead atoms. The van der Waals surface area contributed by atoms with Crippen LogP contribution in [0.4, 0.5) is 0 Å². The minimum Gasteiger partial charge on any atom is -0.458 e. The van der Waals surface area contributed by atoms with E-state index in [4.69, 9.17) is 15.9 Å². The Morgan fingerprint density at radius 2 is 1.91 bits per heavy atom. The Kier molecular flexibility index (Phi) is 6.77. The van der Waals surface area contributed by atoms with Crippen LogP contribution in [-0.4, -0.2) is 33.0 Å². The predicted molar refractivity (Wildman–Crippen MR) is 130 cm³/mol. The lowest BCUT2D eigenvalue weighted by molar-refractivity contribution is -0.0699. The van der Waals surface area contributed by atoms with E-state index >= 15 is 0 Å². The van der Waals surface area contributed by atoms with Crippen LogP contribution >= 0.6 is 11.8 Å². The molecule has 4 rings (SSSR count). The molecule has 1 aliphatic rings. The van der Waals surface area contributed by atoms with Crippen LogP contribution in [0.2, 0.25) is 0 Å². The monoisotopic (exact) mass is 476 g/mol. The number of H-pyrrole nitrogens is 1. The summed E-state index contributed by atoms with van der Waals surface area (Å²) in [5, 5.41) is -0.280. The van der Waals surface area contributed by atoms with Gasteiger partial charge in [0.2, 0.25) is 0 Å². The first kappa shape index (κ1) is 23.6. The van der Waals surface area contributed by atoms with Crippen LogP contribution in [0, 0.1) is 26.2 Å². The second kappa shape index (κ2) is 9.75. The first-order chi connectivity index (χ1) is 16.3. The molecule has 1 saturated heterocycles. The van der Waals surface area contributed by atoms with Crippen molar-refractivity contribution in [2.24, 2.45) is 0 Å². The zero-order valence-corrected chi connectivity index (χ0v) is 19.6. The summed E-state index contributed by atoms with van der Waals surface area (Å²) >= 11 is 1.52. The van der Waals surface area contributed by atoms with Crippen molar-refractivity contribution in [3.05, 3.63) is 98.3 Å². The Morgan fingerprint density at radius 3 is 2.59 bits per heavy atom. The van der Waals surface area contributed by atoms with Gasteiger partial charge in [0.25, 0.3) is 5.56 Å². The van der Waals surface area contributed by atoms with Crippen molar-refractivity contribution in [2.45, 2.75) is 42.2 Å². The third kappa shape index (κ3) is 5.01. The fraction of sp³-hybridized carbons (Fsp3) is 0.269. The second-order valence-electron chi connectivity index (χ2n) is 8.24. The topological polar surface area (TPSA) is 90.4 Å². The number of carbonyl (C=O) groups is 1. The van der Waals surface area contributed by atoms with Crippen molar-refractivity contribution in [1.82, 2.24) is 9.55 Å². The number of aromatic amines is 1. The number of esters is 1. The lowest BCUT2D eigenvalue weighted by Crippen LogP contribution is -2.37. The number of benzene rings is 2. The molecule has 2 heterocycles. The highest BCUT2D eigenvalue weighted by atomic mass is 32.2. The van der Waals surface area contributed by atoms with Crippen LogP contribution in [0.25, 0.3) is 0 Å². The van der Waals surface area contributed by atoms with Crippen LogP contribution in [-0.2, 0) is 9.47 Å². The molecule has 1 fully saturated rings. The maximum Gasteiger partial charge on any atom is 0.338 e. The van der Waals surface area contributed by atoms with Gasteiger partial charge in [-0.1, -0.05) is 41.8 Å². The van der Waals surface area contributed by atoms with Crippen LogP contribution < -0.4 is 11.2 Å². The van der Waals surface area contributed by atoms with Crippen molar-refractivity contribution >= 4 is 17.7 Å². The van der Waals surface area contributed by atoms with Gasteiger partial charge >= 0.3 is 11.7 Å². The SMILES string of the molecule is C#C[C@@]1(COC(=O)c2ccccc2)C[C@H](Sc2ccc(C)cc2)[C@H](n2cc(C)c(=O)[nH]c2=O)O1. The molecule has 0 saturated carbocycles. The van der Waals surface area contributed by atoms with E-state index < -0.39 is 29.0 Å². The van der Waals surface area contributed by atoms with Crippen LogP contribution in [0.3, 0.4) is 0 Å². The van der Waals surface area contributed by atoms with Gasteiger partial charge < -0.3 is 9.47 Å². The number of hydrogen-bond acceptors (Lipinski definition) is 6.